The Morgan fingerprint density at radius 1 is 1.19 bits per heavy atom. The van der Waals surface area contributed by atoms with Gasteiger partial charge >= 0.3 is 6.03 Å². The Hall–Kier alpha value is -1.59. The second kappa shape index (κ2) is 7.97. The molecule has 2 amide bonds. The van der Waals surface area contributed by atoms with Crippen molar-refractivity contribution in [3.63, 3.8) is 0 Å². The van der Waals surface area contributed by atoms with E-state index in [9.17, 15) is 4.79 Å². The summed E-state index contributed by atoms with van der Waals surface area (Å²) in [5.41, 5.74) is 1.14. The van der Waals surface area contributed by atoms with Gasteiger partial charge in [0.2, 0.25) is 0 Å². The van der Waals surface area contributed by atoms with Crippen molar-refractivity contribution >= 4 is 6.03 Å². The SMILES string of the molecule is CC1CN(C(C)(C)CNC(=O)N2CCCC2c2ccccc2)CC(C)O1. The number of morpholine rings is 1. The van der Waals surface area contributed by atoms with E-state index in [1.807, 2.05) is 23.1 Å². The minimum atomic E-state index is -0.0933. The molecule has 0 bridgehead atoms. The molecule has 2 heterocycles. The van der Waals surface area contributed by atoms with Gasteiger partial charge in [-0.1, -0.05) is 30.3 Å². The van der Waals surface area contributed by atoms with Crippen LogP contribution in [-0.4, -0.2) is 59.8 Å². The minimum Gasteiger partial charge on any atom is -0.373 e. The predicted octanol–water partition coefficient (Wildman–Crippen LogP) is 3.42. The molecule has 2 aliphatic rings. The number of hydrogen-bond acceptors (Lipinski definition) is 3. The first kappa shape index (κ1) is 19.2. The van der Waals surface area contributed by atoms with Crippen molar-refractivity contribution in [3.8, 4) is 0 Å². The highest BCUT2D eigenvalue weighted by Crippen LogP contribution is 2.31. The first-order valence-electron chi connectivity index (χ1n) is 9.87. The Balaban J connectivity index is 1.59. The number of ether oxygens (including phenoxy) is 1. The van der Waals surface area contributed by atoms with Gasteiger partial charge in [-0.05, 0) is 46.1 Å². The van der Waals surface area contributed by atoms with Crippen LogP contribution in [0.5, 0.6) is 0 Å². The molecule has 0 saturated carbocycles. The number of nitrogens with zero attached hydrogens (tertiary/aromatic N) is 2. The van der Waals surface area contributed by atoms with E-state index in [-0.39, 0.29) is 29.8 Å². The molecule has 26 heavy (non-hydrogen) atoms. The summed E-state index contributed by atoms with van der Waals surface area (Å²) in [6.07, 6.45) is 2.57. The summed E-state index contributed by atoms with van der Waals surface area (Å²) >= 11 is 0. The van der Waals surface area contributed by atoms with Crippen LogP contribution in [0.2, 0.25) is 0 Å². The predicted molar refractivity (Wildman–Crippen MR) is 104 cm³/mol. The smallest absolute Gasteiger partial charge is 0.317 e. The Morgan fingerprint density at radius 2 is 1.85 bits per heavy atom. The number of hydrogen-bond donors (Lipinski definition) is 1. The normalized spacial score (nSPS) is 27.5. The molecule has 3 unspecified atom stereocenters. The lowest BCUT2D eigenvalue weighted by Gasteiger charge is -2.45. The molecular weight excluding hydrogens is 326 g/mol. The third-order valence-electron chi connectivity index (χ3n) is 5.65. The van der Waals surface area contributed by atoms with Crippen molar-refractivity contribution in [2.45, 2.75) is 64.3 Å². The van der Waals surface area contributed by atoms with Crippen LogP contribution in [0.1, 0.15) is 52.1 Å². The van der Waals surface area contributed by atoms with Gasteiger partial charge in [0.1, 0.15) is 0 Å². The van der Waals surface area contributed by atoms with Gasteiger partial charge in [-0.2, -0.15) is 0 Å². The first-order chi connectivity index (χ1) is 12.4. The Morgan fingerprint density at radius 3 is 2.50 bits per heavy atom. The summed E-state index contributed by atoms with van der Waals surface area (Å²) in [5.74, 6) is 0. The van der Waals surface area contributed by atoms with Crippen LogP contribution in [0.15, 0.2) is 30.3 Å². The molecule has 1 N–H and O–H groups in total. The molecule has 5 heteroatoms. The van der Waals surface area contributed by atoms with E-state index in [2.05, 4.69) is 50.0 Å². The van der Waals surface area contributed by atoms with Crippen molar-refractivity contribution in [3.05, 3.63) is 35.9 Å². The zero-order valence-corrected chi connectivity index (χ0v) is 16.6. The molecule has 144 valence electrons. The summed E-state index contributed by atoms with van der Waals surface area (Å²) in [6.45, 7) is 11.9. The van der Waals surface area contributed by atoms with Crippen LogP contribution in [0.25, 0.3) is 0 Å². The van der Waals surface area contributed by atoms with Crippen LogP contribution < -0.4 is 5.32 Å². The average molecular weight is 360 g/mol. The fourth-order valence-electron chi connectivity index (χ4n) is 4.21. The molecule has 1 aromatic carbocycles. The zero-order valence-electron chi connectivity index (χ0n) is 16.6. The quantitative estimate of drug-likeness (QED) is 0.896. The lowest BCUT2D eigenvalue weighted by Crippen LogP contribution is -2.59. The van der Waals surface area contributed by atoms with E-state index in [0.29, 0.717) is 6.54 Å². The maximum atomic E-state index is 12.9. The second-order valence-electron chi connectivity index (χ2n) is 8.40. The molecule has 0 radical (unpaired) electrons. The van der Waals surface area contributed by atoms with E-state index >= 15 is 0 Å². The average Bonchev–Trinajstić information content (AvgIpc) is 3.09. The molecule has 0 spiro atoms. The molecule has 2 fully saturated rings. The Kier molecular flexibility index (Phi) is 5.88. The van der Waals surface area contributed by atoms with Crippen LogP contribution in [0, 0.1) is 0 Å². The number of urea groups is 1. The van der Waals surface area contributed by atoms with Gasteiger partial charge in [-0.25, -0.2) is 4.79 Å². The van der Waals surface area contributed by atoms with Crippen LogP contribution in [0.4, 0.5) is 4.79 Å². The van der Waals surface area contributed by atoms with E-state index < -0.39 is 0 Å². The van der Waals surface area contributed by atoms with E-state index in [4.69, 9.17) is 4.74 Å². The summed E-state index contributed by atoms with van der Waals surface area (Å²) in [4.78, 5) is 17.3. The van der Waals surface area contributed by atoms with E-state index in [1.165, 1.54) is 5.56 Å². The van der Waals surface area contributed by atoms with Gasteiger partial charge in [0.15, 0.2) is 0 Å². The number of carbonyl (C=O) groups excluding carboxylic acids is 1. The lowest BCUT2D eigenvalue weighted by atomic mass is 10.00. The van der Waals surface area contributed by atoms with Crippen LogP contribution >= 0.6 is 0 Å². The highest BCUT2D eigenvalue weighted by molar-refractivity contribution is 5.75. The topological polar surface area (TPSA) is 44.8 Å². The maximum absolute atomic E-state index is 12.9. The molecule has 0 aromatic heterocycles. The van der Waals surface area contributed by atoms with Crippen molar-refractivity contribution in [2.24, 2.45) is 0 Å². The van der Waals surface area contributed by atoms with E-state index in [1.54, 1.807) is 0 Å². The van der Waals surface area contributed by atoms with Crippen molar-refractivity contribution in [1.29, 1.82) is 0 Å². The highest BCUT2D eigenvalue weighted by atomic mass is 16.5. The number of amides is 2. The van der Waals surface area contributed by atoms with Crippen LogP contribution in [0.3, 0.4) is 0 Å². The molecule has 3 atom stereocenters. The fraction of sp³-hybridized carbons (Fsp3) is 0.667. The minimum absolute atomic E-state index is 0.0544. The van der Waals surface area contributed by atoms with Crippen LogP contribution in [-0.2, 0) is 4.74 Å². The second-order valence-corrected chi connectivity index (χ2v) is 8.40. The standard InChI is InChI=1S/C21H33N3O2/c1-16-13-23(14-17(2)26-16)21(3,4)15-22-20(25)24-12-8-11-19(24)18-9-6-5-7-10-18/h5-7,9-10,16-17,19H,8,11-15H2,1-4H3,(H,22,25). The maximum Gasteiger partial charge on any atom is 0.317 e. The lowest BCUT2D eigenvalue weighted by molar-refractivity contribution is -0.0948. The molecule has 0 aliphatic carbocycles. The Labute approximate surface area is 157 Å². The molecule has 5 nitrogen and oxygen atoms in total. The first-order valence-corrected chi connectivity index (χ1v) is 9.87. The third kappa shape index (κ3) is 4.38. The molecule has 1 aromatic rings. The van der Waals surface area contributed by atoms with Crippen molar-refractivity contribution in [1.82, 2.24) is 15.1 Å². The van der Waals surface area contributed by atoms with Gasteiger partial charge in [-0.15, -0.1) is 0 Å². The van der Waals surface area contributed by atoms with Gasteiger partial charge in [0.25, 0.3) is 0 Å². The molecule has 2 aliphatic heterocycles. The number of rotatable bonds is 4. The number of benzene rings is 1. The van der Waals surface area contributed by atoms with E-state index in [0.717, 1.165) is 32.5 Å². The zero-order chi connectivity index (χ0) is 18.7. The van der Waals surface area contributed by atoms with Gasteiger partial charge in [-0.3, -0.25) is 4.90 Å². The molecular formula is C21H33N3O2. The number of likely N-dealkylation sites (tertiary alicyclic amines) is 1. The van der Waals surface area contributed by atoms with Crippen molar-refractivity contribution in [2.75, 3.05) is 26.2 Å². The molecule has 2 saturated heterocycles. The fourth-order valence-corrected chi connectivity index (χ4v) is 4.21. The highest BCUT2D eigenvalue weighted by Gasteiger charge is 2.35. The summed E-state index contributed by atoms with van der Waals surface area (Å²) in [5, 5.41) is 3.20. The number of carbonyl (C=O) groups is 1. The summed E-state index contributed by atoms with van der Waals surface area (Å²) < 4.78 is 5.84. The monoisotopic (exact) mass is 359 g/mol. The molecule has 3 rings (SSSR count). The third-order valence-corrected chi connectivity index (χ3v) is 5.65. The van der Waals surface area contributed by atoms with Gasteiger partial charge in [0.05, 0.1) is 18.2 Å². The summed E-state index contributed by atoms with van der Waals surface area (Å²) in [7, 11) is 0. The summed E-state index contributed by atoms with van der Waals surface area (Å²) in [6, 6.07) is 10.6. The van der Waals surface area contributed by atoms with Gasteiger partial charge in [0, 0.05) is 31.7 Å². The van der Waals surface area contributed by atoms with Gasteiger partial charge < -0.3 is 15.0 Å². The number of nitrogens with one attached hydrogen (secondary N) is 1. The Bertz CT molecular complexity index is 595. The largest absolute Gasteiger partial charge is 0.373 e. The van der Waals surface area contributed by atoms with Crippen molar-refractivity contribution < 1.29 is 9.53 Å².